The third-order valence-electron chi connectivity index (χ3n) is 6.77. The van der Waals surface area contributed by atoms with Crippen LogP contribution in [0, 0.1) is 0 Å². The molecule has 2 amide bonds. The Morgan fingerprint density at radius 3 is 2.00 bits per heavy atom. The van der Waals surface area contributed by atoms with Gasteiger partial charge in [0.2, 0.25) is 11.8 Å². The molecule has 1 saturated heterocycles. The first-order valence-electron chi connectivity index (χ1n) is 15.2. The summed E-state index contributed by atoms with van der Waals surface area (Å²) in [6, 6.07) is 4.38. The molecule has 1 aliphatic heterocycles. The summed E-state index contributed by atoms with van der Waals surface area (Å²) in [4.78, 5) is 52.7. The summed E-state index contributed by atoms with van der Waals surface area (Å²) in [5, 5.41) is 2.62. The summed E-state index contributed by atoms with van der Waals surface area (Å²) in [5.74, 6) is -0.696. The lowest BCUT2D eigenvalue weighted by Crippen LogP contribution is -2.51. The van der Waals surface area contributed by atoms with Crippen molar-refractivity contribution in [3.05, 3.63) is 29.8 Å². The molecule has 1 fully saturated rings. The summed E-state index contributed by atoms with van der Waals surface area (Å²) in [6.45, 7) is 9.69. The van der Waals surface area contributed by atoms with Gasteiger partial charge in [0.15, 0.2) is 11.5 Å². The third kappa shape index (κ3) is 13.8. The highest BCUT2D eigenvalue weighted by molar-refractivity contribution is 5.94. The van der Waals surface area contributed by atoms with Crippen LogP contribution in [0.15, 0.2) is 24.3 Å². The van der Waals surface area contributed by atoms with Gasteiger partial charge in [0.1, 0.15) is 0 Å². The molecule has 2 rings (SSSR count). The van der Waals surface area contributed by atoms with E-state index < -0.39 is 18.2 Å². The molecule has 0 atom stereocenters. The van der Waals surface area contributed by atoms with Gasteiger partial charge in [-0.3, -0.25) is 14.5 Å². The van der Waals surface area contributed by atoms with Crippen molar-refractivity contribution < 1.29 is 38.1 Å². The van der Waals surface area contributed by atoms with Crippen LogP contribution in [0.4, 0.5) is 9.59 Å². The zero-order valence-corrected chi connectivity index (χ0v) is 25.4. The summed E-state index contributed by atoms with van der Waals surface area (Å²) in [7, 11) is 0. The first-order chi connectivity index (χ1) is 20.4. The first-order valence-corrected chi connectivity index (χ1v) is 15.2. The molecule has 0 bridgehead atoms. The Bertz CT molecular complexity index is 1020. The van der Waals surface area contributed by atoms with Crippen molar-refractivity contribution in [3.8, 4) is 11.5 Å². The second kappa shape index (κ2) is 20.3. The van der Waals surface area contributed by atoms with Crippen LogP contribution < -0.4 is 14.8 Å². The van der Waals surface area contributed by atoms with E-state index in [-0.39, 0.29) is 37.2 Å². The summed E-state index contributed by atoms with van der Waals surface area (Å²) in [6.07, 6.45) is 11.2. The monoisotopic (exact) mass is 589 g/mol. The summed E-state index contributed by atoms with van der Waals surface area (Å²) < 4.78 is 19.8. The fraction of sp³-hybridized carbons (Fsp3) is 0.613. The fourth-order valence-electron chi connectivity index (χ4n) is 4.46. The van der Waals surface area contributed by atoms with Crippen LogP contribution in [0.3, 0.4) is 0 Å². The van der Waals surface area contributed by atoms with Crippen molar-refractivity contribution in [3.63, 3.8) is 0 Å². The van der Waals surface area contributed by atoms with Gasteiger partial charge in [0, 0.05) is 32.3 Å². The molecule has 1 aromatic carbocycles. The van der Waals surface area contributed by atoms with E-state index in [4.69, 9.17) is 18.9 Å². The zero-order chi connectivity index (χ0) is 30.6. The van der Waals surface area contributed by atoms with E-state index in [9.17, 15) is 19.2 Å². The Morgan fingerprint density at radius 2 is 1.38 bits per heavy atom. The van der Waals surface area contributed by atoms with Gasteiger partial charge in [-0.15, -0.1) is 0 Å². The zero-order valence-electron chi connectivity index (χ0n) is 25.4. The van der Waals surface area contributed by atoms with Crippen molar-refractivity contribution in [2.75, 3.05) is 52.5 Å². The maximum atomic E-state index is 12.6. The van der Waals surface area contributed by atoms with E-state index in [1.165, 1.54) is 75.7 Å². The highest BCUT2D eigenvalue weighted by Crippen LogP contribution is 2.30. The smallest absolute Gasteiger partial charge is 0.434 e. The molecular weight excluding hydrogens is 542 g/mol. The van der Waals surface area contributed by atoms with Crippen LogP contribution in [0.5, 0.6) is 11.5 Å². The summed E-state index contributed by atoms with van der Waals surface area (Å²) in [5.41, 5.74) is 0.486. The minimum atomic E-state index is -0.974. The standard InChI is InChI=1S/C31H47N3O8/c1-4-7-8-9-10-11-12-13-18-33-19-21-34(22-20-33)29(36)24-32-28(35)17-15-25-14-16-26(41-30(37)39-5-2)27(23-25)42-31(38)40-6-3/h14-17,23H,4-13,18-22,24H2,1-3H3,(H,32,35). The van der Waals surface area contributed by atoms with Gasteiger partial charge in [-0.05, 0) is 50.6 Å². The van der Waals surface area contributed by atoms with Crippen molar-refractivity contribution in [1.29, 1.82) is 0 Å². The van der Waals surface area contributed by atoms with Gasteiger partial charge < -0.3 is 29.2 Å². The molecule has 234 valence electrons. The molecule has 1 aliphatic rings. The first kappa shape index (κ1) is 34.6. The van der Waals surface area contributed by atoms with Crippen molar-refractivity contribution >= 4 is 30.2 Å². The van der Waals surface area contributed by atoms with Crippen LogP contribution in [-0.2, 0) is 19.1 Å². The lowest BCUT2D eigenvalue weighted by atomic mass is 10.1. The van der Waals surface area contributed by atoms with Crippen molar-refractivity contribution in [1.82, 2.24) is 15.1 Å². The van der Waals surface area contributed by atoms with Gasteiger partial charge in [-0.2, -0.15) is 0 Å². The number of hydrogen-bond acceptors (Lipinski definition) is 9. The molecule has 0 unspecified atom stereocenters. The average molecular weight is 590 g/mol. The highest BCUT2D eigenvalue weighted by atomic mass is 16.7. The maximum Gasteiger partial charge on any atom is 0.513 e. The number of amides is 2. The normalized spacial score (nSPS) is 13.5. The highest BCUT2D eigenvalue weighted by Gasteiger charge is 2.21. The number of ether oxygens (including phenoxy) is 4. The SMILES string of the molecule is CCCCCCCCCCN1CCN(C(=O)CNC(=O)C=Cc2ccc(OC(=O)OCC)c(OC(=O)OCC)c2)CC1. The molecule has 42 heavy (non-hydrogen) atoms. The second-order valence-electron chi connectivity index (χ2n) is 10.0. The van der Waals surface area contributed by atoms with Crippen LogP contribution >= 0.6 is 0 Å². The molecule has 0 radical (unpaired) electrons. The molecule has 0 spiro atoms. The fourth-order valence-corrected chi connectivity index (χ4v) is 4.46. The Labute approximate surface area is 249 Å². The molecule has 11 nitrogen and oxygen atoms in total. The number of unbranched alkanes of at least 4 members (excludes halogenated alkanes) is 7. The van der Waals surface area contributed by atoms with Crippen molar-refractivity contribution in [2.24, 2.45) is 0 Å². The van der Waals surface area contributed by atoms with Gasteiger partial charge in [-0.25, -0.2) is 9.59 Å². The number of hydrogen-bond donors (Lipinski definition) is 1. The molecule has 11 heteroatoms. The number of benzene rings is 1. The van der Waals surface area contributed by atoms with Gasteiger partial charge in [0.05, 0.1) is 19.8 Å². The van der Waals surface area contributed by atoms with E-state index in [0.29, 0.717) is 18.7 Å². The molecule has 1 aromatic rings. The second-order valence-corrected chi connectivity index (χ2v) is 10.0. The number of piperazine rings is 1. The Balaban J connectivity index is 1.76. The summed E-state index contributed by atoms with van der Waals surface area (Å²) >= 11 is 0. The largest absolute Gasteiger partial charge is 0.513 e. The van der Waals surface area contributed by atoms with E-state index >= 15 is 0 Å². The molecular formula is C31H47N3O8. The predicted molar refractivity (Wildman–Crippen MR) is 159 cm³/mol. The van der Waals surface area contributed by atoms with Crippen molar-refractivity contribution in [2.45, 2.75) is 72.1 Å². The third-order valence-corrected chi connectivity index (χ3v) is 6.77. The van der Waals surface area contributed by atoms with Crippen LogP contribution in [0.1, 0.15) is 77.7 Å². The van der Waals surface area contributed by atoms with Crippen LogP contribution in [0.25, 0.3) is 6.08 Å². The minimum Gasteiger partial charge on any atom is -0.434 e. The minimum absolute atomic E-state index is 0.0494. The van der Waals surface area contributed by atoms with E-state index in [2.05, 4.69) is 17.1 Å². The quantitative estimate of drug-likeness (QED) is 0.113. The molecule has 0 aromatic heterocycles. The Hall–Kier alpha value is -3.60. The number of nitrogens with one attached hydrogen (secondary N) is 1. The van der Waals surface area contributed by atoms with Crippen LogP contribution in [-0.4, -0.2) is 86.4 Å². The number of carbonyl (C=O) groups is 4. The van der Waals surface area contributed by atoms with E-state index in [0.717, 1.165) is 19.6 Å². The van der Waals surface area contributed by atoms with Gasteiger partial charge in [0.25, 0.3) is 0 Å². The molecule has 1 heterocycles. The maximum absolute atomic E-state index is 12.6. The topological polar surface area (TPSA) is 124 Å². The van der Waals surface area contributed by atoms with E-state index in [1.807, 2.05) is 0 Å². The lowest BCUT2D eigenvalue weighted by Gasteiger charge is -2.34. The average Bonchev–Trinajstić information content (AvgIpc) is 2.98. The number of nitrogens with zero attached hydrogens (tertiary/aromatic N) is 2. The van der Waals surface area contributed by atoms with Crippen LogP contribution in [0.2, 0.25) is 0 Å². The predicted octanol–water partition coefficient (Wildman–Crippen LogP) is 5.17. The van der Waals surface area contributed by atoms with Gasteiger partial charge in [-0.1, -0.05) is 57.9 Å². The van der Waals surface area contributed by atoms with E-state index in [1.54, 1.807) is 24.8 Å². The molecule has 0 aliphatic carbocycles. The number of carbonyl (C=O) groups excluding carboxylic acids is 4. The van der Waals surface area contributed by atoms with Gasteiger partial charge >= 0.3 is 12.3 Å². The lowest BCUT2D eigenvalue weighted by molar-refractivity contribution is -0.133. The molecule has 1 N–H and O–H groups in total. The number of rotatable bonds is 17. The Morgan fingerprint density at radius 1 is 0.786 bits per heavy atom. The Kier molecular flexibility index (Phi) is 16.7. The molecule has 0 saturated carbocycles.